The molecule has 0 aromatic heterocycles. The predicted molar refractivity (Wildman–Crippen MR) is 74.5 cm³/mol. The van der Waals surface area contributed by atoms with Crippen LogP contribution in [0.2, 0.25) is 0 Å². The van der Waals surface area contributed by atoms with Gasteiger partial charge in [-0.15, -0.1) is 0 Å². The lowest BCUT2D eigenvalue weighted by molar-refractivity contribution is 0.0775. The van der Waals surface area contributed by atoms with Crippen molar-refractivity contribution in [2.75, 3.05) is 6.61 Å². The molecule has 1 aliphatic heterocycles. The van der Waals surface area contributed by atoms with E-state index in [1.165, 1.54) is 0 Å². The molecule has 1 heterocycles. The number of carbonyl (C=O) groups is 1. The second-order valence-corrected chi connectivity index (χ2v) is 6.05. The van der Waals surface area contributed by atoms with Crippen LogP contribution in [0.3, 0.4) is 0 Å². The Hall–Kier alpha value is -0.190. The highest BCUT2D eigenvalue weighted by Crippen LogP contribution is 2.28. The van der Waals surface area contributed by atoms with Crippen LogP contribution in [0.15, 0.2) is 21.1 Å². The molecule has 0 aliphatic carbocycles. The third kappa shape index (κ3) is 3.18. The summed E-state index contributed by atoms with van der Waals surface area (Å²) < 4.78 is 7.32. The van der Waals surface area contributed by atoms with Gasteiger partial charge in [-0.3, -0.25) is 4.79 Å². The summed E-state index contributed by atoms with van der Waals surface area (Å²) in [6.45, 7) is 2.79. The van der Waals surface area contributed by atoms with Gasteiger partial charge in [0.2, 0.25) is 0 Å². The summed E-state index contributed by atoms with van der Waals surface area (Å²) in [4.78, 5) is 12.2. The Morgan fingerprint density at radius 2 is 2.18 bits per heavy atom. The molecule has 2 nitrogen and oxygen atoms in total. The quantitative estimate of drug-likeness (QED) is 0.751. The van der Waals surface area contributed by atoms with Gasteiger partial charge in [0, 0.05) is 27.5 Å². The molecule has 1 unspecified atom stereocenters. The molecule has 0 N–H and O–H groups in total. The number of rotatable bonds is 3. The molecule has 1 atom stereocenters. The van der Waals surface area contributed by atoms with Crippen molar-refractivity contribution in [2.45, 2.75) is 32.3 Å². The highest BCUT2D eigenvalue weighted by molar-refractivity contribution is 9.11. The molecule has 0 amide bonds. The highest BCUT2D eigenvalue weighted by atomic mass is 79.9. The van der Waals surface area contributed by atoms with E-state index in [9.17, 15) is 4.79 Å². The lowest BCUT2D eigenvalue weighted by Crippen LogP contribution is -2.13. The standard InChI is InChI=1S/C13H14Br2O2/c1-8-5-12(15)10(7-11(8)14)13(16)6-9-3-2-4-17-9/h5,7,9H,2-4,6H2,1H3. The summed E-state index contributed by atoms with van der Waals surface area (Å²) in [6.07, 6.45) is 2.65. The Balaban J connectivity index is 2.15. The zero-order valence-corrected chi connectivity index (χ0v) is 12.8. The number of Topliss-reactive ketones (excluding diaryl/α,β-unsaturated/α-hetero) is 1. The Labute approximate surface area is 118 Å². The molecule has 1 aromatic carbocycles. The monoisotopic (exact) mass is 360 g/mol. The first kappa shape index (κ1) is 13.2. The maximum Gasteiger partial charge on any atom is 0.166 e. The number of benzene rings is 1. The van der Waals surface area contributed by atoms with E-state index in [1.54, 1.807) is 0 Å². The zero-order chi connectivity index (χ0) is 12.4. The van der Waals surface area contributed by atoms with Gasteiger partial charge in [-0.1, -0.05) is 31.9 Å². The first-order chi connectivity index (χ1) is 8.08. The van der Waals surface area contributed by atoms with Crippen molar-refractivity contribution in [1.29, 1.82) is 0 Å². The Kier molecular flexibility index (Phi) is 4.39. The van der Waals surface area contributed by atoms with Crippen molar-refractivity contribution >= 4 is 37.6 Å². The van der Waals surface area contributed by atoms with Gasteiger partial charge in [0.1, 0.15) is 0 Å². The molecular weight excluding hydrogens is 348 g/mol. The fraction of sp³-hybridized carbons (Fsp3) is 0.462. The number of hydrogen-bond donors (Lipinski definition) is 0. The molecule has 0 radical (unpaired) electrons. The van der Waals surface area contributed by atoms with Crippen LogP contribution in [0.5, 0.6) is 0 Å². The average Bonchev–Trinajstić information content (AvgIpc) is 2.76. The van der Waals surface area contributed by atoms with Crippen LogP contribution in [0, 0.1) is 6.92 Å². The third-order valence-electron chi connectivity index (χ3n) is 2.99. The maximum atomic E-state index is 12.2. The van der Waals surface area contributed by atoms with E-state index < -0.39 is 0 Å². The first-order valence-corrected chi connectivity index (χ1v) is 7.27. The molecule has 2 rings (SSSR count). The lowest BCUT2D eigenvalue weighted by Gasteiger charge is -2.10. The Morgan fingerprint density at radius 1 is 1.41 bits per heavy atom. The molecule has 1 fully saturated rings. The molecule has 0 saturated carbocycles. The highest BCUT2D eigenvalue weighted by Gasteiger charge is 2.21. The minimum absolute atomic E-state index is 0.106. The zero-order valence-electron chi connectivity index (χ0n) is 9.63. The molecule has 4 heteroatoms. The number of halogens is 2. The van der Waals surface area contributed by atoms with Gasteiger partial charge in [-0.2, -0.15) is 0 Å². The molecule has 0 spiro atoms. The van der Waals surface area contributed by atoms with Crippen molar-refractivity contribution in [3.63, 3.8) is 0 Å². The molecule has 92 valence electrons. The number of ether oxygens (including phenoxy) is 1. The summed E-state index contributed by atoms with van der Waals surface area (Å²) >= 11 is 6.91. The smallest absolute Gasteiger partial charge is 0.166 e. The van der Waals surface area contributed by atoms with Crippen LogP contribution in [0.1, 0.15) is 35.2 Å². The third-order valence-corrected chi connectivity index (χ3v) is 4.50. The molecule has 17 heavy (non-hydrogen) atoms. The summed E-state index contributed by atoms with van der Waals surface area (Å²) in [7, 11) is 0. The van der Waals surface area contributed by atoms with E-state index in [0.29, 0.717) is 6.42 Å². The number of aryl methyl sites for hydroxylation is 1. The van der Waals surface area contributed by atoms with Crippen molar-refractivity contribution in [1.82, 2.24) is 0 Å². The van der Waals surface area contributed by atoms with E-state index in [0.717, 1.165) is 39.5 Å². The van der Waals surface area contributed by atoms with Crippen molar-refractivity contribution < 1.29 is 9.53 Å². The van der Waals surface area contributed by atoms with Crippen LogP contribution in [0.25, 0.3) is 0 Å². The summed E-state index contributed by atoms with van der Waals surface area (Å²) in [6, 6.07) is 3.85. The van der Waals surface area contributed by atoms with Gasteiger partial charge >= 0.3 is 0 Å². The van der Waals surface area contributed by atoms with Crippen LogP contribution >= 0.6 is 31.9 Å². The molecule has 0 bridgehead atoms. The van der Waals surface area contributed by atoms with Crippen LogP contribution < -0.4 is 0 Å². The van der Waals surface area contributed by atoms with Gasteiger partial charge in [0.25, 0.3) is 0 Å². The van der Waals surface area contributed by atoms with Gasteiger partial charge in [0.15, 0.2) is 5.78 Å². The maximum absolute atomic E-state index is 12.2. The summed E-state index contributed by atoms with van der Waals surface area (Å²) in [5, 5.41) is 0. The normalized spacial score (nSPS) is 19.6. The predicted octanol–water partition coefficient (Wildman–Crippen LogP) is 4.27. The van der Waals surface area contributed by atoms with Gasteiger partial charge in [0.05, 0.1) is 6.10 Å². The van der Waals surface area contributed by atoms with E-state index >= 15 is 0 Å². The summed E-state index contributed by atoms with van der Waals surface area (Å²) in [5.74, 6) is 0.143. The fourth-order valence-electron chi connectivity index (χ4n) is 1.98. The molecule has 1 saturated heterocycles. The SMILES string of the molecule is Cc1cc(Br)c(C(=O)CC2CCCO2)cc1Br. The average molecular weight is 362 g/mol. The Bertz CT molecular complexity index is 437. The van der Waals surface area contributed by atoms with Crippen LogP contribution in [-0.4, -0.2) is 18.5 Å². The number of carbonyl (C=O) groups excluding carboxylic acids is 1. The second-order valence-electron chi connectivity index (χ2n) is 4.34. The number of ketones is 1. The van der Waals surface area contributed by atoms with Gasteiger partial charge < -0.3 is 4.74 Å². The van der Waals surface area contributed by atoms with Crippen molar-refractivity contribution in [3.05, 3.63) is 32.2 Å². The fourth-order valence-corrected chi connectivity index (χ4v) is 3.00. The number of hydrogen-bond acceptors (Lipinski definition) is 2. The minimum Gasteiger partial charge on any atom is -0.378 e. The molecule has 1 aliphatic rings. The summed E-state index contributed by atoms with van der Waals surface area (Å²) in [5.41, 5.74) is 1.85. The lowest BCUT2D eigenvalue weighted by atomic mass is 10.0. The largest absolute Gasteiger partial charge is 0.378 e. The minimum atomic E-state index is 0.106. The first-order valence-electron chi connectivity index (χ1n) is 5.68. The Morgan fingerprint density at radius 3 is 2.82 bits per heavy atom. The van der Waals surface area contributed by atoms with Crippen molar-refractivity contribution in [3.8, 4) is 0 Å². The second kappa shape index (κ2) is 5.63. The molecular formula is C13H14Br2O2. The van der Waals surface area contributed by atoms with E-state index in [4.69, 9.17) is 4.74 Å². The van der Waals surface area contributed by atoms with Crippen molar-refractivity contribution in [2.24, 2.45) is 0 Å². The van der Waals surface area contributed by atoms with E-state index in [1.807, 2.05) is 19.1 Å². The molecule has 1 aromatic rings. The van der Waals surface area contributed by atoms with Gasteiger partial charge in [-0.05, 0) is 37.5 Å². The van der Waals surface area contributed by atoms with Gasteiger partial charge in [-0.25, -0.2) is 0 Å². The van der Waals surface area contributed by atoms with Crippen LogP contribution in [-0.2, 0) is 4.74 Å². The van der Waals surface area contributed by atoms with E-state index in [-0.39, 0.29) is 11.9 Å². The topological polar surface area (TPSA) is 26.3 Å². The van der Waals surface area contributed by atoms with E-state index in [2.05, 4.69) is 31.9 Å². The van der Waals surface area contributed by atoms with Crippen LogP contribution in [0.4, 0.5) is 0 Å².